The highest BCUT2D eigenvalue weighted by molar-refractivity contribution is 5.94. The normalized spacial score (nSPS) is 10.2. The molecule has 0 saturated carbocycles. The Morgan fingerprint density at radius 1 is 1.29 bits per heavy atom. The van der Waals surface area contributed by atoms with Gasteiger partial charge in [0.05, 0.1) is 5.69 Å². The lowest BCUT2D eigenvalue weighted by Gasteiger charge is -2.05. The first-order valence-corrected chi connectivity index (χ1v) is 4.97. The molecule has 0 aliphatic rings. The summed E-state index contributed by atoms with van der Waals surface area (Å²) in [5.74, 6) is -1.12. The van der Waals surface area contributed by atoms with Crippen LogP contribution in [0.2, 0.25) is 0 Å². The minimum atomic E-state index is -1.12. The van der Waals surface area contributed by atoms with E-state index < -0.39 is 11.7 Å². The molecule has 1 aromatic heterocycles. The van der Waals surface area contributed by atoms with Gasteiger partial charge in [-0.1, -0.05) is 29.8 Å². The Hall–Kier alpha value is -2.43. The maximum atomic E-state index is 11.1. The molecule has 17 heavy (non-hydrogen) atoms. The zero-order valence-electron chi connectivity index (χ0n) is 9.10. The highest BCUT2D eigenvalue weighted by Gasteiger charge is 2.13. The van der Waals surface area contributed by atoms with Crippen molar-refractivity contribution in [3.8, 4) is 11.3 Å². The molecule has 0 unspecified atom stereocenters. The van der Waals surface area contributed by atoms with E-state index >= 15 is 0 Å². The van der Waals surface area contributed by atoms with Crippen molar-refractivity contribution < 1.29 is 9.90 Å². The molecule has 2 N–H and O–H groups in total. The lowest BCUT2D eigenvalue weighted by Crippen LogP contribution is -2.14. The lowest BCUT2D eigenvalue weighted by atomic mass is 10.1. The second kappa shape index (κ2) is 4.21. The summed E-state index contributed by atoms with van der Waals surface area (Å²) in [6.07, 6.45) is 1.07. The molecule has 2 rings (SSSR count). The maximum Gasteiger partial charge on any atom is 0.345 e. The van der Waals surface area contributed by atoms with Crippen LogP contribution in [0, 0.1) is 6.92 Å². The fourth-order valence-electron chi connectivity index (χ4n) is 1.50. The molecule has 0 amide bonds. The van der Waals surface area contributed by atoms with E-state index in [0.717, 1.165) is 11.8 Å². The maximum absolute atomic E-state index is 11.1. The minimum absolute atomic E-state index is 0.0200. The number of carboxylic acid groups (broad SMARTS) is 1. The summed E-state index contributed by atoms with van der Waals surface area (Å²) in [6, 6.07) is 7.21. The lowest BCUT2D eigenvalue weighted by molar-refractivity contribution is 0.0697. The number of nitrogens with one attached hydrogen (secondary N) is 1. The van der Waals surface area contributed by atoms with Gasteiger partial charge in [-0.3, -0.25) is 0 Å². The van der Waals surface area contributed by atoms with Crippen LogP contribution in [0.3, 0.4) is 0 Å². The van der Waals surface area contributed by atoms with Gasteiger partial charge in [0.25, 0.3) is 0 Å². The van der Waals surface area contributed by atoms with Crippen molar-refractivity contribution in [2.24, 2.45) is 0 Å². The van der Waals surface area contributed by atoms with Gasteiger partial charge in [-0.15, -0.1) is 0 Å². The van der Waals surface area contributed by atoms with Gasteiger partial charge in [-0.2, -0.15) is 0 Å². The van der Waals surface area contributed by atoms with E-state index in [0.29, 0.717) is 5.56 Å². The summed E-state index contributed by atoms with van der Waals surface area (Å²) in [5.41, 5.74) is 1.39. The molecule has 0 spiro atoms. The summed E-state index contributed by atoms with van der Waals surface area (Å²) in [5, 5.41) is 9.01. The van der Waals surface area contributed by atoms with Crippen LogP contribution < -0.4 is 5.69 Å². The number of nitrogens with zero attached hydrogens (tertiary/aromatic N) is 1. The van der Waals surface area contributed by atoms with Gasteiger partial charge in [0, 0.05) is 6.20 Å². The fraction of sp³-hybridized carbons (Fsp3) is 0.0833. The topological polar surface area (TPSA) is 83.0 Å². The second-order valence-electron chi connectivity index (χ2n) is 3.65. The van der Waals surface area contributed by atoms with Crippen molar-refractivity contribution in [1.29, 1.82) is 0 Å². The van der Waals surface area contributed by atoms with Crippen molar-refractivity contribution >= 4 is 5.97 Å². The Morgan fingerprint density at radius 3 is 2.53 bits per heavy atom. The highest BCUT2D eigenvalue weighted by Crippen LogP contribution is 2.19. The Bertz CT molecular complexity index is 614. The average Bonchev–Trinajstić information content (AvgIpc) is 2.29. The zero-order valence-corrected chi connectivity index (χ0v) is 9.10. The first-order valence-electron chi connectivity index (χ1n) is 4.97. The number of aromatic amines is 1. The number of H-pyrrole nitrogens is 1. The van der Waals surface area contributed by atoms with Gasteiger partial charge >= 0.3 is 11.7 Å². The third kappa shape index (κ3) is 2.23. The Morgan fingerprint density at radius 2 is 1.94 bits per heavy atom. The minimum Gasteiger partial charge on any atom is -0.478 e. The molecule has 2 aromatic rings. The van der Waals surface area contributed by atoms with Crippen molar-refractivity contribution in [3.63, 3.8) is 0 Å². The van der Waals surface area contributed by atoms with Gasteiger partial charge in [0.15, 0.2) is 0 Å². The number of aromatic nitrogens is 2. The monoisotopic (exact) mass is 230 g/mol. The first kappa shape index (κ1) is 11.1. The average molecular weight is 230 g/mol. The molecular weight excluding hydrogens is 220 g/mol. The van der Waals surface area contributed by atoms with E-state index in [1.807, 2.05) is 19.1 Å². The van der Waals surface area contributed by atoms with E-state index in [1.165, 1.54) is 0 Å². The number of aromatic carboxylic acids is 1. The fourth-order valence-corrected chi connectivity index (χ4v) is 1.50. The summed E-state index contributed by atoms with van der Waals surface area (Å²) in [6.45, 7) is 1.93. The van der Waals surface area contributed by atoms with E-state index in [2.05, 4.69) is 9.97 Å². The quantitative estimate of drug-likeness (QED) is 0.817. The van der Waals surface area contributed by atoms with E-state index in [1.54, 1.807) is 12.1 Å². The number of benzene rings is 1. The van der Waals surface area contributed by atoms with Gasteiger partial charge in [0.2, 0.25) is 0 Å². The Kier molecular flexibility index (Phi) is 2.74. The molecule has 0 bridgehead atoms. The van der Waals surface area contributed by atoms with E-state index in [9.17, 15) is 9.59 Å². The summed E-state index contributed by atoms with van der Waals surface area (Å²) < 4.78 is 0. The summed E-state index contributed by atoms with van der Waals surface area (Å²) in [7, 11) is 0. The SMILES string of the molecule is Cc1ccc(-c2[nH]c(=O)ncc2C(=O)O)cc1. The van der Waals surface area contributed by atoms with Crippen molar-refractivity contribution in [3.05, 3.63) is 52.1 Å². The number of aryl methyl sites for hydroxylation is 1. The van der Waals surface area contributed by atoms with Crippen molar-refractivity contribution in [2.45, 2.75) is 6.92 Å². The third-order valence-corrected chi connectivity index (χ3v) is 2.38. The number of hydrogen-bond acceptors (Lipinski definition) is 3. The molecular formula is C12H10N2O3. The van der Waals surface area contributed by atoms with Crippen LogP contribution in [0.4, 0.5) is 0 Å². The number of hydrogen-bond donors (Lipinski definition) is 2. The van der Waals surface area contributed by atoms with Crippen molar-refractivity contribution in [1.82, 2.24) is 9.97 Å². The van der Waals surface area contributed by atoms with E-state index in [-0.39, 0.29) is 11.3 Å². The van der Waals surface area contributed by atoms with Crippen LogP contribution in [0.5, 0.6) is 0 Å². The van der Waals surface area contributed by atoms with Crippen LogP contribution in [-0.2, 0) is 0 Å². The smallest absolute Gasteiger partial charge is 0.345 e. The molecule has 1 heterocycles. The predicted molar refractivity (Wildman–Crippen MR) is 62.0 cm³/mol. The number of carbonyl (C=O) groups is 1. The van der Waals surface area contributed by atoms with Gasteiger partial charge in [-0.05, 0) is 12.5 Å². The summed E-state index contributed by atoms with van der Waals surface area (Å²) in [4.78, 5) is 28.0. The molecule has 0 saturated heterocycles. The molecule has 0 aliphatic heterocycles. The van der Waals surface area contributed by atoms with Crippen LogP contribution >= 0.6 is 0 Å². The number of carboxylic acids is 1. The number of rotatable bonds is 2. The molecule has 0 aliphatic carbocycles. The third-order valence-electron chi connectivity index (χ3n) is 2.38. The molecule has 0 fully saturated rings. The molecule has 86 valence electrons. The largest absolute Gasteiger partial charge is 0.478 e. The predicted octanol–water partition coefficient (Wildman–Crippen LogP) is 1.44. The molecule has 1 aromatic carbocycles. The van der Waals surface area contributed by atoms with Crippen LogP contribution in [0.15, 0.2) is 35.3 Å². The Labute approximate surface area is 96.8 Å². The van der Waals surface area contributed by atoms with Crippen LogP contribution in [0.1, 0.15) is 15.9 Å². The summed E-state index contributed by atoms with van der Waals surface area (Å²) >= 11 is 0. The van der Waals surface area contributed by atoms with Crippen LogP contribution in [0.25, 0.3) is 11.3 Å². The molecule has 5 heteroatoms. The van der Waals surface area contributed by atoms with Crippen LogP contribution in [-0.4, -0.2) is 21.0 Å². The highest BCUT2D eigenvalue weighted by atomic mass is 16.4. The van der Waals surface area contributed by atoms with Gasteiger partial charge < -0.3 is 10.1 Å². The van der Waals surface area contributed by atoms with Gasteiger partial charge in [0.1, 0.15) is 5.56 Å². The standard InChI is InChI=1S/C12H10N2O3/c1-7-2-4-8(5-3-7)10-9(11(15)16)6-13-12(17)14-10/h2-6H,1H3,(H,15,16)(H,13,14,17). The molecule has 0 radical (unpaired) electrons. The van der Waals surface area contributed by atoms with Gasteiger partial charge in [-0.25, -0.2) is 14.6 Å². The van der Waals surface area contributed by atoms with Crippen molar-refractivity contribution in [2.75, 3.05) is 0 Å². The first-order chi connectivity index (χ1) is 8.08. The molecule has 5 nitrogen and oxygen atoms in total. The molecule has 0 atom stereocenters. The van der Waals surface area contributed by atoms with E-state index in [4.69, 9.17) is 5.11 Å². The zero-order chi connectivity index (χ0) is 12.4. The second-order valence-corrected chi connectivity index (χ2v) is 3.65. The Balaban J connectivity index is 2.64.